The highest BCUT2D eigenvalue weighted by Crippen LogP contribution is 2.22. The lowest BCUT2D eigenvalue weighted by atomic mass is 9.86. The molecule has 0 unspecified atom stereocenters. The first kappa shape index (κ1) is 15.0. The van der Waals surface area contributed by atoms with Crippen LogP contribution in [0.15, 0.2) is 29.8 Å². The number of nitrogens with one attached hydrogen (secondary N) is 1. The Morgan fingerprint density at radius 2 is 1.89 bits per heavy atom. The lowest BCUT2D eigenvalue weighted by molar-refractivity contribution is -0.116. The van der Waals surface area contributed by atoms with Gasteiger partial charge < -0.3 is 5.32 Å². The van der Waals surface area contributed by atoms with Crippen LogP contribution in [0.2, 0.25) is 0 Å². The van der Waals surface area contributed by atoms with Gasteiger partial charge in [-0.25, -0.2) is 0 Å². The Balaban J connectivity index is 2.98. The minimum absolute atomic E-state index is 0.0971. The second-order valence-corrected chi connectivity index (χ2v) is 5.40. The molecule has 0 aromatic heterocycles. The highest BCUT2D eigenvalue weighted by Gasteiger charge is 2.13. The van der Waals surface area contributed by atoms with Crippen LogP contribution in [0.1, 0.15) is 38.8 Å². The van der Waals surface area contributed by atoms with E-state index >= 15 is 0 Å². The van der Waals surface area contributed by atoms with Crippen molar-refractivity contribution < 1.29 is 4.79 Å². The van der Waals surface area contributed by atoms with Crippen LogP contribution in [-0.4, -0.2) is 12.5 Å². The Hall–Kier alpha value is -2.08. The van der Waals surface area contributed by atoms with Gasteiger partial charge in [0, 0.05) is 6.54 Å². The Bertz CT molecular complexity index is 513. The maximum Gasteiger partial charge on any atom is 0.261 e. The van der Waals surface area contributed by atoms with Gasteiger partial charge in [0.15, 0.2) is 0 Å². The molecule has 0 saturated carbocycles. The van der Waals surface area contributed by atoms with Crippen LogP contribution in [0.4, 0.5) is 0 Å². The second kappa shape index (κ2) is 6.19. The molecule has 0 aliphatic rings. The van der Waals surface area contributed by atoms with Crippen LogP contribution >= 0.6 is 0 Å². The molecule has 0 aliphatic heterocycles. The Kier molecular flexibility index (Phi) is 4.88. The first-order chi connectivity index (χ1) is 8.88. The fraction of sp³-hybridized carbons (Fsp3) is 0.375. The summed E-state index contributed by atoms with van der Waals surface area (Å²) in [6.07, 6.45) is 1.61. The van der Waals surface area contributed by atoms with Crippen molar-refractivity contribution in [3.8, 4) is 6.07 Å². The molecule has 0 spiro atoms. The molecule has 0 heterocycles. The number of carbonyl (C=O) groups excluding carboxylic acids is 1. The van der Waals surface area contributed by atoms with Crippen LogP contribution in [0.3, 0.4) is 0 Å². The summed E-state index contributed by atoms with van der Waals surface area (Å²) in [5.41, 5.74) is 2.31. The van der Waals surface area contributed by atoms with E-state index in [1.807, 2.05) is 37.3 Å². The summed E-state index contributed by atoms with van der Waals surface area (Å²) in [6.45, 7) is 8.78. The molecule has 0 bridgehead atoms. The molecule has 100 valence electrons. The van der Waals surface area contributed by atoms with E-state index in [2.05, 4.69) is 26.1 Å². The SMILES string of the molecule is CCNC(=O)C(C#N)=Cc1ccc(C(C)(C)C)cc1. The van der Waals surface area contributed by atoms with Crippen molar-refractivity contribution in [3.05, 3.63) is 41.0 Å². The molecule has 0 saturated heterocycles. The third-order valence-corrected chi connectivity index (χ3v) is 2.79. The van der Waals surface area contributed by atoms with E-state index in [0.717, 1.165) is 5.56 Å². The third-order valence-electron chi connectivity index (χ3n) is 2.79. The zero-order chi connectivity index (χ0) is 14.5. The van der Waals surface area contributed by atoms with Gasteiger partial charge in [0.25, 0.3) is 5.91 Å². The number of hydrogen-bond acceptors (Lipinski definition) is 2. The number of hydrogen-bond donors (Lipinski definition) is 1. The zero-order valence-electron chi connectivity index (χ0n) is 11.9. The Morgan fingerprint density at radius 3 is 2.32 bits per heavy atom. The van der Waals surface area contributed by atoms with Crippen LogP contribution < -0.4 is 5.32 Å². The van der Waals surface area contributed by atoms with E-state index in [1.165, 1.54) is 5.56 Å². The third kappa shape index (κ3) is 4.26. The molecule has 1 amide bonds. The van der Waals surface area contributed by atoms with Crippen molar-refractivity contribution in [2.24, 2.45) is 0 Å². The maximum atomic E-state index is 11.6. The predicted octanol–water partition coefficient (Wildman–Crippen LogP) is 3.03. The summed E-state index contributed by atoms with van der Waals surface area (Å²) in [5, 5.41) is 11.6. The average molecular weight is 256 g/mol. The summed E-state index contributed by atoms with van der Waals surface area (Å²) in [6, 6.07) is 9.84. The first-order valence-electron chi connectivity index (χ1n) is 6.39. The van der Waals surface area contributed by atoms with Crippen molar-refractivity contribution >= 4 is 12.0 Å². The molecule has 1 N–H and O–H groups in total. The molecule has 19 heavy (non-hydrogen) atoms. The largest absolute Gasteiger partial charge is 0.352 e. The van der Waals surface area contributed by atoms with Gasteiger partial charge in [0.1, 0.15) is 11.6 Å². The summed E-state index contributed by atoms with van der Waals surface area (Å²) < 4.78 is 0. The molecule has 3 nitrogen and oxygen atoms in total. The van der Waals surface area contributed by atoms with E-state index in [4.69, 9.17) is 5.26 Å². The number of nitrogens with zero attached hydrogens (tertiary/aromatic N) is 1. The minimum Gasteiger partial charge on any atom is -0.352 e. The molecule has 0 radical (unpaired) electrons. The monoisotopic (exact) mass is 256 g/mol. The van der Waals surface area contributed by atoms with Crippen LogP contribution in [0.25, 0.3) is 6.08 Å². The van der Waals surface area contributed by atoms with Crippen molar-refractivity contribution in [2.75, 3.05) is 6.54 Å². The van der Waals surface area contributed by atoms with Gasteiger partial charge in [-0.05, 0) is 29.5 Å². The standard InChI is InChI=1S/C16H20N2O/c1-5-18-15(19)13(11-17)10-12-6-8-14(9-7-12)16(2,3)4/h6-10H,5H2,1-4H3,(H,18,19). The summed E-state index contributed by atoms with van der Waals surface area (Å²) in [5.74, 6) is -0.329. The van der Waals surface area contributed by atoms with Gasteiger partial charge in [-0.15, -0.1) is 0 Å². The van der Waals surface area contributed by atoms with Gasteiger partial charge in [0.2, 0.25) is 0 Å². The van der Waals surface area contributed by atoms with Gasteiger partial charge in [-0.3, -0.25) is 4.79 Å². The Morgan fingerprint density at radius 1 is 1.32 bits per heavy atom. The highest BCUT2D eigenvalue weighted by molar-refractivity contribution is 6.01. The average Bonchev–Trinajstić information content (AvgIpc) is 2.35. The molecule has 1 aromatic rings. The molecule has 0 aliphatic carbocycles. The maximum absolute atomic E-state index is 11.6. The van der Waals surface area contributed by atoms with E-state index in [0.29, 0.717) is 6.54 Å². The summed E-state index contributed by atoms with van der Waals surface area (Å²) >= 11 is 0. The molecule has 0 fully saturated rings. The molecular weight excluding hydrogens is 236 g/mol. The zero-order valence-corrected chi connectivity index (χ0v) is 11.9. The van der Waals surface area contributed by atoms with E-state index < -0.39 is 0 Å². The van der Waals surface area contributed by atoms with Gasteiger partial charge >= 0.3 is 0 Å². The Labute approximate surface area is 114 Å². The number of rotatable bonds is 3. The lowest BCUT2D eigenvalue weighted by Gasteiger charge is -2.18. The normalized spacial score (nSPS) is 11.8. The van der Waals surface area contributed by atoms with Crippen LogP contribution in [-0.2, 0) is 10.2 Å². The van der Waals surface area contributed by atoms with E-state index in [9.17, 15) is 4.79 Å². The van der Waals surface area contributed by atoms with Gasteiger partial charge in [-0.1, -0.05) is 45.0 Å². The van der Waals surface area contributed by atoms with Gasteiger partial charge in [0.05, 0.1) is 0 Å². The number of amides is 1. The van der Waals surface area contributed by atoms with Gasteiger partial charge in [-0.2, -0.15) is 5.26 Å². The quantitative estimate of drug-likeness (QED) is 0.667. The first-order valence-corrected chi connectivity index (χ1v) is 6.39. The highest BCUT2D eigenvalue weighted by atomic mass is 16.1. The second-order valence-electron chi connectivity index (χ2n) is 5.40. The fourth-order valence-electron chi connectivity index (χ4n) is 1.65. The number of likely N-dealkylation sites (N-methyl/N-ethyl adjacent to an activating group) is 1. The van der Waals surface area contributed by atoms with Crippen molar-refractivity contribution in [3.63, 3.8) is 0 Å². The molecule has 0 atom stereocenters. The molecular formula is C16H20N2O. The number of carbonyl (C=O) groups is 1. The lowest BCUT2D eigenvalue weighted by Crippen LogP contribution is -2.23. The molecule has 1 aromatic carbocycles. The smallest absolute Gasteiger partial charge is 0.261 e. The van der Waals surface area contributed by atoms with Crippen molar-refractivity contribution in [2.45, 2.75) is 33.1 Å². The van der Waals surface area contributed by atoms with Crippen LogP contribution in [0, 0.1) is 11.3 Å². The van der Waals surface area contributed by atoms with E-state index in [1.54, 1.807) is 6.08 Å². The topological polar surface area (TPSA) is 52.9 Å². The number of benzene rings is 1. The van der Waals surface area contributed by atoms with Crippen molar-refractivity contribution in [1.82, 2.24) is 5.32 Å². The predicted molar refractivity (Wildman–Crippen MR) is 77.4 cm³/mol. The fourth-order valence-corrected chi connectivity index (χ4v) is 1.65. The molecule has 3 heteroatoms. The van der Waals surface area contributed by atoms with Crippen LogP contribution in [0.5, 0.6) is 0 Å². The van der Waals surface area contributed by atoms with Crippen molar-refractivity contribution in [1.29, 1.82) is 5.26 Å². The summed E-state index contributed by atoms with van der Waals surface area (Å²) in [7, 11) is 0. The minimum atomic E-state index is -0.329. The summed E-state index contributed by atoms with van der Waals surface area (Å²) in [4.78, 5) is 11.6. The molecule has 1 rings (SSSR count). The van der Waals surface area contributed by atoms with E-state index in [-0.39, 0.29) is 16.9 Å². The number of nitriles is 1.